The number of carbonyl (C=O) groups excluding carboxylic acids is 2. The number of nitrogens with zero attached hydrogens (tertiary/aromatic N) is 3. The van der Waals surface area contributed by atoms with Crippen LogP contribution in [0.1, 0.15) is 41.6 Å². The van der Waals surface area contributed by atoms with Gasteiger partial charge in [0, 0.05) is 58.2 Å². The van der Waals surface area contributed by atoms with Crippen LogP contribution in [-0.2, 0) is 32.9 Å². The number of H-pyrrole nitrogens is 1. The van der Waals surface area contributed by atoms with Crippen molar-refractivity contribution in [2.45, 2.75) is 62.6 Å². The first-order valence-electron chi connectivity index (χ1n) is 16.3. The van der Waals surface area contributed by atoms with Crippen molar-refractivity contribution in [2.75, 3.05) is 17.2 Å². The fraction of sp³-hybridized carbons (Fsp3) is 0.333. The number of amides is 2. The number of fused-ring (bicyclic) bond motifs is 3. The molecule has 2 aliphatic rings. The molecule has 2 amide bonds. The van der Waals surface area contributed by atoms with Crippen molar-refractivity contribution in [3.63, 3.8) is 0 Å². The molecule has 0 bridgehead atoms. The summed E-state index contributed by atoms with van der Waals surface area (Å²) in [4.78, 5) is 30.1. The van der Waals surface area contributed by atoms with Crippen LogP contribution in [-0.4, -0.2) is 58.0 Å². The van der Waals surface area contributed by atoms with Crippen molar-refractivity contribution in [1.82, 2.24) is 20.0 Å². The largest absolute Gasteiger partial charge is 0.395 e. The van der Waals surface area contributed by atoms with Gasteiger partial charge in [0.25, 0.3) is 5.91 Å². The lowest BCUT2D eigenvalue weighted by atomic mass is 9.82. The first-order chi connectivity index (χ1) is 23.1. The van der Waals surface area contributed by atoms with Gasteiger partial charge < -0.3 is 29.6 Å². The third-order valence-corrected chi connectivity index (χ3v) is 12.4. The number of para-hydroxylation sites is 1. The van der Waals surface area contributed by atoms with E-state index in [9.17, 15) is 14.7 Å². The number of aromatic amines is 1. The molecule has 48 heavy (non-hydrogen) atoms. The number of carbonyl (C=O) groups is 2. The van der Waals surface area contributed by atoms with Crippen LogP contribution in [0, 0.1) is 5.92 Å². The molecule has 0 saturated carbocycles. The van der Waals surface area contributed by atoms with Gasteiger partial charge in [-0.25, -0.2) is 0 Å². The highest BCUT2D eigenvalue weighted by molar-refractivity contribution is 6.72. The van der Waals surface area contributed by atoms with Gasteiger partial charge in [-0.3, -0.25) is 14.3 Å². The number of aliphatic hydroxyl groups excluding tert-OH is 1. The maximum absolute atomic E-state index is 16.2. The van der Waals surface area contributed by atoms with E-state index in [1.165, 1.54) is 0 Å². The second-order valence-electron chi connectivity index (χ2n) is 13.4. The number of benzene rings is 3. The maximum Gasteiger partial charge on any atom is 0.261 e. The van der Waals surface area contributed by atoms with Crippen LogP contribution in [0.3, 0.4) is 0 Å². The number of rotatable bonds is 10. The Hall–Kier alpha value is -4.65. The Balaban J connectivity index is 1.11. The van der Waals surface area contributed by atoms with Crippen molar-refractivity contribution in [3.8, 4) is 0 Å². The van der Waals surface area contributed by atoms with Gasteiger partial charge in [0.2, 0.25) is 14.3 Å². The number of hydrogen-bond donors (Lipinski definition) is 4. The molecule has 0 aliphatic carbocycles. The molecule has 2 aromatic heterocycles. The number of aromatic nitrogens is 4. The van der Waals surface area contributed by atoms with Crippen molar-refractivity contribution >= 4 is 42.5 Å². The average Bonchev–Trinajstić information content (AvgIpc) is 3.83. The third kappa shape index (κ3) is 5.63. The van der Waals surface area contributed by atoms with E-state index in [4.69, 9.17) is 4.74 Å². The fourth-order valence-electron chi connectivity index (χ4n) is 7.77. The molecule has 1 saturated heterocycles. The quantitative estimate of drug-likeness (QED) is 0.109. The van der Waals surface area contributed by atoms with Crippen molar-refractivity contribution in [3.05, 3.63) is 108 Å². The normalized spacial score (nSPS) is 22.6. The molecule has 1 fully saturated rings. The molecule has 10 nitrogen and oxygen atoms in total. The van der Waals surface area contributed by atoms with Gasteiger partial charge in [-0.05, 0) is 54.9 Å². The Morgan fingerprint density at radius 3 is 2.69 bits per heavy atom. The minimum Gasteiger partial charge on any atom is -0.395 e. The summed E-state index contributed by atoms with van der Waals surface area (Å²) in [5.41, 5.74) is 3.28. The van der Waals surface area contributed by atoms with E-state index in [0.717, 1.165) is 22.0 Å². The molecule has 4 N–H and O–H groups in total. The van der Waals surface area contributed by atoms with Crippen molar-refractivity contribution in [1.29, 1.82) is 0 Å². The van der Waals surface area contributed by atoms with Gasteiger partial charge in [-0.15, -0.1) is 5.10 Å². The van der Waals surface area contributed by atoms with Crippen LogP contribution in [0.15, 0.2) is 85.2 Å². The Bertz CT molecular complexity index is 1970. The summed E-state index contributed by atoms with van der Waals surface area (Å²) in [5, 5.41) is 25.6. The van der Waals surface area contributed by atoms with Crippen LogP contribution in [0.5, 0.6) is 0 Å². The molecule has 5 atom stereocenters. The number of aliphatic hydroxyl groups is 1. The molecule has 7 rings (SSSR count). The Morgan fingerprint density at radius 2 is 1.92 bits per heavy atom. The van der Waals surface area contributed by atoms with Gasteiger partial charge in [0.15, 0.2) is 5.60 Å². The summed E-state index contributed by atoms with van der Waals surface area (Å²) in [6.07, 6.45) is 3.68. The van der Waals surface area contributed by atoms with Gasteiger partial charge in [0.05, 0.1) is 30.7 Å². The lowest BCUT2D eigenvalue weighted by Gasteiger charge is -2.30. The maximum atomic E-state index is 16.2. The summed E-state index contributed by atoms with van der Waals surface area (Å²) >= 11 is 0. The second kappa shape index (κ2) is 12.4. The van der Waals surface area contributed by atoms with E-state index in [1.807, 2.05) is 67.7 Å². The molecule has 1 unspecified atom stereocenters. The van der Waals surface area contributed by atoms with E-state index in [1.54, 1.807) is 42.2 Å². The second-order valence-corrected chi connectivity index (χ2v) is 17.2. The van der Waals surface area contributed by atoms with Crippen LogP contribution >= 0.6 is 0 Å². The van der Waals surface area contributed by atoms with Crippen LogP contribution in [0.2, 0.25) is 18.6 Å². The number of halogens is 1. The fourth-order valence-corrected chi connectivity index (χ4v) is 10.3. The predicted octanol–water partition coefficient (Wildman–Crippen LogP) is 5.88. The van der Waals surface area contributed by atoms with E-state index < -0.39 is 31.6 Å². The highest BCUT2D eigenvalue weighted by Crippen LogP contribution is 2.59. The smallest absolute Gasteiger partial charge is 0.261 e. The Kier molecular flexibility index (Phi) is 8.26. The monoisotopic (exact) mass is 666 g/mol. The van der Waals surface area contributed by atoms with Crippen molar-refractivity contribution in [2.24, 2.45) is 5.92 Å². The molecule has 4 heterocycles. The minimum atomic E-state index is -3.35. The molecule has 1 spiro atoms. The predicted molar refractivity (Wildman–Crippen MR) is 184 cm³/mol. The first-order valence-corrected chi connectivity index (χ1v) is 19.3. The molecular weight excluding hydrogens is 628 g/mol. The highest BCUT2D eigenvalue weighted by Gasteiger charge is 2.65. The highest BCUT2D eigenvalue weighted by atomic mass is 28.4. The van der Waals surface area contributed by atoms with E-state index in [2.05, 4.69) is 25.9 Å². The summed E-state index contributed by atoms with van der Waals surface area (Å²) in [6.45, 7) is 5.51. The molecule has 12 heteroatoms. The van der Waals surface area contributed by atoms with Gasteiger partial charge in [-0.1, -0.05) is 60.7 Å². The molecule has 248 valence electrons. The summed E-state index contributed by atoms with van der Waals surface area (Å²) in [7, 11) is -3.35. The van der Waals surface area contributed by atoms with E-state index in [0.29, 0.717) is 35.6 Å². The van der Waals surface area contributed by atoms with E-state index >= 15 is 4.11 Å². The Morgan fingerprint density at radius 1 is 1.15 bits per heavy atom. The number of hydrogen-bond acceptors (Lipinski definition) is 6. The molecule has 3 aromatic carbocycles. The lowest BCUT2D eigenvalue weighted by molar-refractivity contribution is -0.143. The SMILES string of the molecule is C[C@@H]1[C@@H]([Si](C)(C)F)[C@H](CCn2cc(C(CO)c3ccccc3)nn2)O[C@@]12C(=O)Nc1ccc(NC(=O)Cc3c[nH]c4ccccc34)cc12. The zero-order valence-electron chi connectivity index (χ0n) is 27.1. The minimum absolute atomic E-state index is 0.113. The van der Waals surface area contributed by atoms with E-state index in [-0.39, 0.29) is 30.8 Å². The lowest BCUT2D eigenvalue weighted by Crippen LogP contribution is -2.42. The zero-order chi connectivity index (χ0) is 33.6. The standard InChI is InChI=1S/C36H39FN6O4Si/c1-22-34(48(2,3)37)32(15-16-43-20-31(41-42-43)27(21-44)23-9-5-4-6-10-23)47-36(22)28-18-25(13-14-30(28)40-35(36)46)39-33(45)17-24-19-38-29-12-8-7-11-26(24)29/h4-14,18-20,22,27,32,34,38,44H,15-17,21H2,1-3H3,(H,39,45)(H,40,46)/t22-,27?,32+,34-,36+/m1/s1. The summed E-state index contributed by atoms with van der Waals surface area (Å²) in [5.74, 6) is -1.29. The topological polar surface area (TPSA) is 134 Å². The average molecular weight is 667 g/mol. The van der Waals surface area contributed by atoms with Crippen LogP contribution in [0.4, 0.5) is 15.5 Å². The van der Waals surface area contributed by atoms with Gasteiger partial charge in [-0.2, -0.15) is 0 Å². The third-order valence-electron chi connectivity index (χ3n) is 9.97. The van der Waals surface area contributed by atoms with Gasteiger partial charge >= 0.3 is 0 Å². The summed E-state index contributed by atoms with van der Waals surface area (Å²) in [6, 6.07) is 22.8. The van der Waals surface area contributed by atoms with Gasteiger partial charge in [0.1, 0.15) is 0 Å². The Labute approximate surface area is 278 Å². The molecule has 0 radical (unpaired) electrons. The van der Waals surface area contributed by atoms with Crippen LogP contribution < -0.4 is 10.6 Å². The number of nitrogens with one attached hydrogen (secondary N) is 3. The molecular formula is C36H39FN6O4Si. The number of anilines is 2. The zero-order valence-corrected chi connectivity index (χ0v) is 28.1. The molecule has 5 aromatic rings. The van der Waals surface area contributed by atoms with Crippen LogP contribution in [0.25, 0.3) is 10.9 Å². The number of ether oxygens (including phenoxy) is 1. The number of aryl methyl sites for hydroxylation is 1. The molecule has 2 aliphatic heterocycles. The van der Waals surface area contributed by atoms with Crippen molar-refractivity contribution < 1.29 is 23.5 Å². The first kappa shape index (κ1) is 31.9. The summed E-state index contributed by atoms with van der Waals surface area (Å²) < 4.78 is 24.6.